The zero-order valence-corrected chi connectivity index (χ0v) is 11.0. The van der Waals surface area contributed by atoms with Crippen molar-refractivity contribution >= 4 is 17.3 Å². The highest BCUT2D eigenvalue weighted by Crippen LogP contribution is 2.31. The van der Waals surface area contributed by atoms with E-state index in [1.807, 2.05) is 6.92 Å². The number of nitrogens with zero attached hydrogens (tertiary/aromatic N) is 2. The molecule has 2 unspecified atom stereocenters. The molecule has 2 atom stereocenters. The molecule has 0 saturated carbocycles. The summed E-state index contributed by atoms with van der Waals surface area (Å²) in [5.41, 5.74) is -0.00809. The first-order valence-electron chi connectivity index (χ1n) is 6.33. The lowest BCUT2D eigenvalue weighted by Gasteiger charge is -2.38. The van der Waals surface area contributed by atoms with E-state index in [1.165, 1.54) is 12.1 Å². The van der Waals surface area contributed by atoms with E-state index in [0.717, 1.165) is 6.07 Å². The van der Waals surface area contributed by atoms with Crippen LogP contribution in [0.4, 0.5) is 15.8 Å². The predicted octanol–water partition coefficient (Wildman–Crippen LogP) is 2.42. The van der Waals surface area contributed by atoms with Gasteiger partial charge >= 0.3 is 5.97 Å². The lowest BCUT2D eigenvalue weighted by atomic mass is 9.91. The van der Waals surface area contributed by atoms with Crippen LogP contribution in [-0.4, -0.2) is 28.6 Å². The van der Waals surface area contributed by atoms with E-state index >= 15 is 0 Å². The summed E-state index contributed by atoms with van der Waals surface area (Å²) in [5, 5.41) is 19.6. The molecule has 1 aromatic rings. The number of carboxylic acids is 1. The van der Waals surface area contributed by atoms with Gasteiger partial charge in [-0.3, -0.25) is 14.9 Å². The van der Waals surface area contributed by atoms with Gasteiger partial charge in [-0.1, -0.05) is 0 Å². The molecule has 2 rings (SSSR count). The Balaban J connectivity index is 2.20. The Morgan fingerprint density at radius 2 is 2.25 bits per heavy atom. The van der Waals surface area contributed by atoms with Crippen molar-refractivity contribution in [1.82, 2.24) is 0 Å². The first kappa shape index (κ1) is 14.2. The summed E-state index contributed by atoms with van der Waals surface area (Å²) in [6, 6.07) is 3.41. The third-order valence-electron chi connectivity index (χ3n) is 3.68. The van der Waals surface area contributed by atoms with Gasteiger partial charge in [-0.15, -0.1) is 0 Å². The van der Waals surface area contributed by atoms with E-state index in [4.69, 9.17) is 5.11 Å². The summed E-state index contributed by atoms with van der Waals surface area (Å²) in [6.45, 7) is 2.25. The SMILES string of the molecule is CC1CC(C(=O)O)CCN1c1ccc([N+](=O)[O-])cc1F. The molecule has 6 nitrogen and oxygen atoms in total. The van der Waals surface area contributed by atoms with Crippen LogP contribution in [0.3, 0.4) is 0 Å². The second kappa shape index (κ2) is 5.44. The van der Waals surface area contributed by atoms with E-state index in [-0.39, 0.29) is 17.4 Å². The Labute approximate surface area is 115 Å². The van der Waals surface area contributed by atoms with E-state index in [1.54, 1.807) is 4.90 Å². The molecule has 0 aromatic heterocycles. The molecule has 1 aliphatic heterocycles. The van der Waals surface area contributed by atoms with Crippen molar-refractivity contribution in [2.24, 2.45) is 5.92 Å². The molecule has 1 aliphatic rings. The standard InChI is InChI=1S/C13H15FN2O4/c1-8-6-9(13(17)18)4-5-15(8)12-3-2-10(16(19)20)7-11(12)14/h2-3,7-9H,4-6H2,1H3,(H,17,18). The molecule has 108 valence electrons. The van der Waals surface area contributed by atoms with Crippen molar-refractivity contribution in [3.8, 4) is 0 Å². The van der Waals surface area contributed by atoms with Crippen LogP contribution in [0.15, 0.2) is 18.2 Å². The molecule has 1 aromatic carbocycles. The highest BCUT2D eigenvalue weighted by atomic mass is 19.1. The van der Waals surface area contributed by atoms with Gasteiger partial charge in [0.05, 0.1) is 22.6 Å². The second-order valence-corrected chi connectivity index (χ2v) is 4.99. The molecule has 0 bridgehead atoms. The molecule has 0 spiro atoms. The fourth-order valence-corrected chi connectivity index (χ4v) is 2.60. The number of halogens is 1. The van der Waals surface area contributed by atoms with Crippen LogP contribution in [0.2, 0.25) is 0 Å². The molecule has 1 fully saturated rings. The molecular weight excluding hydrogens is 267 g/mol. The molecule has 1 saturated heterocycles. The monoisotopic (exact) mass is 282 g/mol. The fourth-order valence-electron chi connectivity index (χ4n) is 2.60. The highest BCUT2D eigenvalue weighted by Gasteiger charge is 2.31. The van der Waals surface area contributed by atoms with Crippen molar-refractivity contribution in [3.63, 3.8) is 0 Å². The van der Waals surface area contributed by atoms with E-state index in [9.17, 15) is 19.3 Å². The zero-order chi connectivity index (χ0) is 14.9. The lowest BCUT2D eigenvalue weighted by Crippen LogP contribution is -2.43. The maximum atomic E-state index is 14.0. The number of nitro groups is 1. The minimum atomic E-state index is -0.833. The lowest BCUT2D eigenvalue weighted by molar-refractivity contribution is -0.385. The van der Waals surface area contributed by atoms with E-state index in [0.29, 0.717) is 19.4 Å². The number of benzene rings is 1. The average Bonchev–Trinajstić information content (AvgIpc) is 2.38. The predicted molar refractivity (Wildman–Crippen MR) is 70.2 cm³/mol. The number of non-ortho nitro benzene ring substituents is 1. The smallest absolute Gasteiger partial charge is 0.306 e. The second-order valence-electron chi connectivity index (χ2n) is 4.99. The highest BCUT2D eigenvalue weighted by molar-refractivity contribution is 5.70. The number of anilines is 1. The third kappa shape index (κ3) is 2.71. The number of hydrogen-bond donors (Lipinski definition) is 1. The normalized spacial score (nSPS) is 22.6. The first-order chi connectivity index (χ1) is 9.40. The topological polar surface area (TPSA) is 83.7 Å². The van der Waals surface area contributed by atoms with E-state index in [2.05, 4.69) is 0 Å². The van der Waals surface area contributed by atoms with Crippen LogP contribution in [0.25, 0.3) is 0 Å². The number of nitro benzene ring substituents is 1. The van der Waals surface area contributed by atoms with Crippen molar-refractivity contribution < 1.29 is 19.2 Å². The Hall–Kier alpha value is -2.18. The van der Waals surface area contributed by atoms with Gasteiger partial charge in [0.15, 0.2) is 5.82 Å². The largest absolute Gasteiger partial charge is 0.481 e. The molecule has 0 amide bonds. The summed E-state index contributed by atoms with van der Waals surface area (Å²) >= 11 is 0. The Bertz CT molecular complexity index is 549. The minimum absolute atomic E-state index is 0.124. The van der Waals surface area contributed by atoms with Gasteiger partial charge < -0.3 is 10.0 Å². The molecule has 0 radical (unpaired) electrons. The molecule has 1 heterocycles. The van der Waals surface area contributed by atoms with E-state index < -0.39 is 22.6 Å². The van der Waals surface area contributed by atoms with Crippen molar-refractivity contribution in [3.05, 3.63) is 34.1 Å². The van der Waals surface area contributed by atoms with Crippen LogP contribution < -0.4 is 4.90 Å². The number of carboxylic acid groups (broad SMARTS) is 1. The Morgan fingerprint density at radius 1 is 1.55 bits per heavy atom. The Morgan fingerprint density at radius 3 is 2.75 bits per heavy atom. The molecule has 20 heavy (non-hydrogen) atoms. The summed E-state index contributed by atoms with van der Waals surface area (Å²) in [7, 11) is 0. The minimum Gasteiger partial charge on any atom is -0.481 e. The molecule has 1 N–H and O–H groups in total. The van der Waals surface area contributed by atoms with Gasteiger partial charge in [0.2, 0.25) is 0 Å². The zero-order valence-electron chi connectivity index (χ0n) is 11.0. The van der Waals surface area contributed by atoms with Gasteiger partial charge in [0.25, 0.3) is 5.69 Å². The van der Waals surface area contributed by atoms with Crippen LogP contribution in [0.5, 0.6) is 0 Å². The summed E-state index contributed by atoms with van der Waals surface area (Å²) < 4.78 is 14.0. The molecule has 0 aliphatic carbocycles. The number of aliphatic carboxylic acids is 1. The number of hydrogen-bond acceptors (Lipinski definition) is 4. The fraction of sp³-hybridized carbons (Fsp3) is 0.462. The summed E-state index contributed by atoms with van der Waals surface area (Å²) in [5.74, 6) is -1.90. The van der Waals surface area contributed by atoms with Gasteiger partial charge in [-0.05, 0) is 25.8 Å². The van der Waals surface area contributed by atoms with Gasteiger partial charge in [-0.2, -0.15) is 0 Å². The van der Waals surface area contributed by atoms with Crippen molar-refractivity contribution in [2.45, 2.75) is 25.8 Å². The van der Waals surface area contributed by atoms with Crippen LogP contribution >= 0.6 is 0 Å². The van der Waals surface area contributed by atoms with Crippen molar-refractivity contribution in [1.29, 1.82) is 0 Å². The first-order valence-corrected chi connectivity index (χ1v) is 6.33. The average molecular weight is 282 g/mol. The van der Waals surface area contributed by atoms with Gasteiger partial charge in [0, 0.05) is 18.7 Å². The van der Waals surface area contributed by atoms with Gasteiger partial charge in [-0.25, -0.2) is 4.39 Å². The number of piperidine rings is 1. The van der Waals surface area contributed by atoms with Crippen LogP contribution in [0.1, 0.15) is 19.8 Å². The van der Waals surface area contributed by atoms with Crippen LogP contribution in [0, 0.1) is 21.8 Å². The maximum absolute atomic E-state index is 14.0. The summed E-state index contributed by atoms with van der Waals surface area (Å²) in [6.07, 6.45) is 0.877. The third-order valence-corrected chi connectivity index (χ3v) is 3.68. The molecule has 7 heteroatoms. The quantitative estimate of drug-likeness (QED) is 0.680. The van der Waals surface area contributed by atoms with Crippen molar-refractivity contribution in [2.75, 3.05) is 11.4 Å². The number of carbonyl (C=O) groups is 1. The van der Waals surface area contributed by atoms with Crippen LogP contribution in [-0.2, 0) is 4.79 Å². The summed E-state index contributed by atoms with van der Waals surface area (Å²) in [4.78, 5) is 22.7. The number of rotatable bonds is 3. The molecular formula is C13H15FN2O4. The Kier molecular flexibility index (Phi) is 3.87. The maximum Gasteiger partial charge on any atom is 0.306 e. The van der Waals surface area contributed by atoms with Gasteiger partial charge in [0.1, 0.15) is 0 Å².